The minimum atomic E-state index is 0.191. The molecule has 1 aromatic rings. The van der Waals surface area contributed by atoms with Crippen LogP contribution in [0, 0.1) is 20.8 Å². The third-order valence-electron chi connectivity index (χ3n) is 2.69. The standard InChI is InChI=1S/C13H21NO/c1-9-7-11(3)13(8-10(9)2)15-12(4)5-6-14/h7-8,12H,5-6,14H2,1-4H3. The van der Waals surface area contributed by atoms with Gasteiger partial charge in [-0.2, -0.15) is 0 Å². The number of nitrogens with two attached hydrogens (primary N) is 1. The van der Waals surface area contributed by atoms with Gasteiger partial charge in [0.25, 0.3) is 0 Å². The van der Waals surface area contributed by atoms with E-state index in [4.69, 9.17) is 10.5 Å². The number of rotatable bonds is 4. The van der Waals surface area contributed by atoms with Gasteiger partial charge in [-0.1, -0.05) is 6.07 Å². The minimum Gasteiger partial charge on any atom is -0.490 e. The molecule has 1 unspecified atom stereocenters. The summed E-state index contributed by atoms with van der Waals surface area (Å²) in [5.74, 6) is 0.985. The van der Waals surface area contributed by atoms with Crippen LogP contribution in [0.25, 0.3) is 0 Å². The maximum Gasteiger partial charge on any atom is 0.122 e. The molecule has 0 saturated heterocycles. The van der Waals surface area contributed by atoms with Gasteiger partial charge in [-0.25, -0.2) is 0 Å². The molecule has 0 aliphatic rings. The van der Waals surface area contributed by atoms with Gasteiger partial charge in [-0.15, -0.1) is 0 Å². The Morgan fingerprint density at radius 2 is 1.73 bits per heavy atom. The van der Waals surface area contributed by atoms with Crippen molar-refractivity contribution in [3.63, 3.8) is 0 Å². The first-order valence-electron chi connectivity index (χ1n) is 5.49. The molecule has 1 rings (SSSR count). The first-order chi connectivity index (χ1) is 7.04. The fourth-order valence-electron chi connectivity index (χ4n) is 1.57. The SMILES string of the molecule is Cc1cc(C)c(OC(C)CCN)cc1C. The molecule has 1 aromatic carbocycles. The lowest BCUT2D eigenvalue weighted by molar-refractivity contribution is 0.212. The number of hydrogen-bond donors (Lipinski definition) is 1. The Hall–Kier alpha value is -1.02. The van der Waals surface area contributed by atoms with E-state index in [1.165, 1.54) is 16.7 Å². The highest BCUT2D eigenvalue weighted by Crippen LogP contribution is 2.23. The maximum absolute atomic E-state index is 5.84. The Morgan fingerprint density at radius 3 is 2.33 bits per heavy atom. The van der Waals surface area contributed by atoms with E-state index in [0.717, 1.165) is 12.2 Å². The topological polar surface area (TPSA) is 35.2 Å². The lowest BCUT2D eigenvalue weighted by atomic mass is 10.1. The number of aryl methyl sites for hydroxylation is 3. The molecule has 0 saturated carbocycles. The summed E-state index contributed by atoms with van der Waals surface area (Å²) < 4.78 is 5.84. The van der Waals surface area contributed by atoms with Crippen molar-refractivity contribution in [2.24, 2.45) is 5.73 Å². The summed E-state index contributed by atoms with van der Waals surface area (Å²) in [4.78, 5) is 0. The van der Waals surface area contributed by atoms with Crippen LogP contribution in [0.3, 0.4) is 0 Å². The molecule has 0 aromatic heterocycles. The molecule has 0 amide bonds. The average Bonchev–Trinajstić information content (AvgIpc) is 2.14. The predicted molar refractivity (Wildman–Crippen MR) is 64.4 cm³/mol. The Balaban J connectivity index is 2.81. The first-order valence-corrected chi connectivity index (χ1v) is 5.49. The van der Waals surface area contributed by atoms with Gasteiger partial charge in [0.05, 0.1) is 6.10 Å². The molecule has 0 aliphatic heterocycles. The third kappa shape index (κ3) is 3.24. The average molecular weight is 207 g/mol. The molecule has 2 N–H and O–H groups in total. The molecule has 0 spiro atoms. The summed E-state index contributed by atoms with van der Waals surface area (Å²) in [6.07, 6.45) is 1.09. The molecular weight excluding hydrogens is 186 g/mol. The van der Waals surface area contributed by atoms with Crippen molar-refractivity contribution in [2.75, 3.05) is 6.54 Å². The molecule has 2 nitrogen and oxygen atoms in total. The van der Waals surface area contributed by atoms with Crippen LogP contribution in [0.4, 0.5) is 0 Å². The molecule has 0 bridgehead atoms. The van der Waals surface area contributed by atoms with Crippen LogP contribution in [0.15, 0.2) is 12.1 Å². The van der Waals surface area contributed by atoms with Crippen molar-refractivity contribution >= 4 is 0 Å². The van der Waals surface area contributed by atoms with E-state index in [9.17, 15) is 0 Å². The second-order valence-electron chi connectivity index (χ2n) is 4.21. The highest BCUT2D eigenvalue weighted by Gasteiger charge is 2.07. The zero-order chi connectivity index (χ0) is 11.4. The second kappa shape index (κ2) is 5.17. The Bertz CT molecular complexity index is 334. The van der Waals surface area contributed by atoms with Crippen molar-refractivity contribution in [3.05, 3.63) is 28.8 Å². The molecule has 0 radical (unpaired) electrons. The monoisotopic (exact) mass is 207 g/mol. The van der Waals surface area contributed by atoms with E-state index in [1.807, 2.05) is 0 Å². The van der Waals surface area contributed by atoms with Crippen LogP contribution in [0.1, 0.15) is 30.0 Å². The summed E-state index contributed by atoms with van der Waals surface area (Å²) in [6, 6.07) is 4.28. The second-order valence-corrected chi connectivity index (χ2v) is 4.21. The Labute approximate surface area is 92.4 Å². The summed E-state index contributed by atoms with van der Waals surface area (Å²) >= 11 is 0. The van der Waals surface area contributed by atoms with Gasteiger partial charge in [0.15, 0.2) is 0 Å². The van der Waals surface area contributed by atoms with E-state index in [-0.39, 0.29) is 6.10 Å². The summed E-state index contributed by atoms with van der Waals surface area (Å²) in [5.41, 5.74) is 9.28. The molecule has 2 heteroatoms. The fraction of sp³-hybridized carbons (Fsp3) is 0.538. The normalized spacial score (nSPS) is 12.6. The van der Waals surface area contributed by atoms with Crippen molar-refractivity contribution < 1.29 is 4.74 Å². The minimum absolute atomic E-state index is 0.191. The number of benzene rings is 1. The number of hydrogen-bond acceptors (Lipinski definition) is 2. The van der Waals surface area contributed by atoms with Gasteiger partial charge >= 0.3 is 0 Å². The molecule has 15 heavy (non-hydrogen) atoms. The highest BCUT2D eigenvalue weighted by molar-refractivity contribution is 5.40. The van der Waals surface area contributed by atoms with Crippen LogP contribution in [0.5, 0.6) is 5.75 Å². The van der Waals surface area contributed by atoms with Crippen molar-refractivity contribution in [3.8, 4) is 5.75 Å². The van der Waals surface area contributed by atoms with Crippen molar-refractivity contribution in [1.82, 2.24) is 0 Å². The van der Waals surface area contributed by atoms with Crippen LogP contribution >= 0.6 is 0 Å². The van der Waals surface area contributed by atoms with Crippen molar-refractivity contribution in [2.45, 2.75) is 40.2 Å². The molecule has 1 atom stereocenters. The summed E-state index contributed by atoms with van der Waals surface area (Å²) in [7, 11) is 0. The van der Waals surface area contributed by atoms with Crippen LogP contribution in [-0.2, 0) is 0 Å². The smallest absolute Gasteiger partial charge is 0.122 e. The third-order valence-corrected chi connectivity index (χ3v) is 2.69. The predicted octanol–water partition coefficient (Wildman–Crippen LogP) is 2.73. The zero-order valence-corrected chi connectivity index (χ0v) is 10.1. The molecule has 0 heterocycles. The van der Waals surface area contributed by atoms with E-state index < -0.39 is 0 Å². The van der Waals surface area contributed by atoms with Gasteiger partial charge in [0.2, 0.25) is 0 Å². The fourth-order valence-corrected chi connectivity index (χ4v) is 1.57. The summed E-state index contributed by atoms with van der Waals surface area (Å²) in [6.45, 7) is 9.04. The zero-order valence-electron chi connectivity index (χ0n) is 10.1. The van der Waals surface area contributed by atoms with E-state index in [1.54, 1.807) is 0 Å². The van der Waals surface area contributed by atoms with Crippen LogP contribution < -0.4 is 10.5 Å². The molecule has 84 valence electrons. The van der Waals surface area contributed by atoms with Gasteiger partial charge in [-0.3, -0.25) is 0 Å². The van der Waals surface area contributed by atoms with E-state index >= 15 is 0 Å². The van der Waals surface area contributed by atoms with Crippen LogP contribution in [-0.4, -0.2) is 12.6 Å². The quantitative estimate of drug-likeness (QED) is 0.824. The first kappa shape index (κ1) is 12.1. The van der Waals surface area contributed by atoms with Gasteiger partial charge < -0.3 is 10.5 Å². The van der Waals surface area contributed by atoms with Crippen molar-refractivity contribution in [1.29, 1.82) is 0 Å². The molecular formula is C13H21NO. The van der Waals surface area contributed by atoms with Gasteiger partial charge in [-0.05, 0) is 63.4 Å². The molecule has 0 aliphatic carbocycles. The lowest BCUT2D eigenvalue weighted by Gasteiger charge is -2.17. The Kier molecular flexibility index (Phi) is 4.15. The Morgan fingerprint density at radius 1 is 1.13 bits per heavy atom. The van der Waals surface area contributed by atoms with E-state index in [0.29, 0.717) is 6.54 Å². The molecule has 0 fully saturated rings. The summed E-state index contributed by atoms with van der Waals surface area (Å²) in [5, 5.41) is 0. The van der Waals surface area contributed by atoms with Gasteiger partial charge in [0.1, 0.15) is 5.75 Å². The highest BCUT2D eigenvalue weighted by atomic mass is 16.5. The van der Waals surface area contributed by atoms with Gasteiger partial charge in [0, 0.05) is 0 Å². The largest absolute Gasteiger partial charge is 0.490 e. The van der Waals surface area contributed by atoms with E-state index in [2.05, 4.69) is 39.8 Å². The number of ether oxygens (including phenoxy) is 1. The van der Waals surface area contributed by atoms with Crippen LogP contribution in [0.2, 0.25) is 0 Å². The lowest BCUT2D eigenvalue weighted by Crippen LogP contribution is -2.17. The maximum atomic E-state index is 5.84.